The van der Waals surface area contributed by atoms with Gasteiger partial charge in [0.2, 0.25) is 0 Å². The van der Waals surface area contributed by atoms with Crippen LogP contribution in [0.2, 0.25) is 22.2 Å². The summed E-state index contributed by atoms with van der Waals surface area (Å²) in [5.74, 6) is 0. The zero-order valence-electron chi connectivity index (χ0n) is 16.8. The molecule has 1 aromatic carbocycles. The lowest BCUT2D eigenvalue weighted by Crippen LogP contribution is -2.55. The number of benzene rings is 1. The third-order valence-electron chi connectivity index (χ3n) is 6.34. The first-order valence-corrected chi connectivity index (χ1v) is 12.1. The van der Waals surface area contributed by atoms with Gasteiger partial charge in [-0.15, -0.1) is 0 Å². The summed E-state index contributed by atoms with van der Waals surface area (Å²) in [4.78, 5) is 0. The molecule has 0 amide bonds. The number of ether oxygens (including phenoxy) is 1. The van der Waals surface area contributed by atoms with Gasteiger partial charge in [-0.1, -0.05) is 101 Å². The molecule has 0 saturated heterocycles. The van der Waals surface area contributed by atoms with Gasteiger partial charge in [0.1, 0.15) is 0 Å². The van der Waals surface area contributed by atoms with E-state index in [0.29, 0.717) is 23.2 Å². The Morgan fingerprint density at radius 2 is 1.56 bits per heavy atom. The maximum Gasteiger partial charge on any atom is 0.0875 e. The SMILES string of the molecule is CC(C)[Si](C(C)C)(C(C)C)[C@H]1C=CC[C@H](OCc2ccccc2)[C@@H]1O. The summed E-state index contributed by atoms with van der Waals surface area (Å²) in [6.45, 7) is 14.7. The monoisotopic (exact) mass is 360 g/mol. The zero-order valence-corrected chi connectivity index (χ0v) is 17.8. The molecular weight excluding hydrogens is 324 g/mol. The van der Waals surface area contributed by atoms with Crippen molar-refractivity contribution in [1.82, 2.24) is 0 Å². The fourth-order valence-corrected chi connectivity index (χ4v) is 13.0. The average Bonchev–Trinajstić information content (AvgIpc) is 2.56. The van der Waals surface area contributed by atoms with E-state index in [0.717, 1.165) is 6.42 Å². The topological polar surface area (TPSA) is 29.5 Å². The summed E-state index contributed by atoms with van der Waals surface area (Å²) >= 11 is 0. The number of aliphatic hydroxyl groups is 1. The Labute approximate surface area is 155 Å². The molecule has 2 rings (SSSR count). The Morgan fingerprint density at radius 3 is 2.08 bits per heavy atom. The third kappa shape index (κ3) is 4.10. The van der Waals surface area contributed by atoms with E-state index in [4.69, 9.17) is 4.74 Å². The highest BCUT2D eigenvalue weighted by atomic mass is 28.3. The van der Waals surface area contributed by atoms with Crippen molar-refractivity contribution in [3.05, 3.63) is 48.0 Å². The molecule has 0 aliphatic heterocycles. The van der Waals surface area contributed by atoms with E-state index in [1.165, 1.54) is 5.56 Å². The van der Waals surface area contributed by atoms with Crippen LogP contribution in [0.1, 0.15) is 53.5 Å². The molecule has 0 spiro atoms. The summed E-state index contributed by atoms with van der Waals surface area (Å²) < 4.78 is 6.17. The van der Waals surface area contributed by atoms with Crippen LogP contribution >= 0.6 is 0 Å². The van der Waals surface area contributed by atoms with Crippen molar-refractivity contribution in [3.63, 3.8) is 0 Å². The first-order chi connectivity index (χ1) is 11.8. The van der Waals surface area contributed by atoms with E-state index in [-0.39, 0.29) is 11.6 Å². The molecule has 2 nitrogen and oxygen atoms in total. The number of hydrogen-bond acceptors (Lipinski definition) is 2. The fraction of sp³-hybridized carbons (Fsp3) is 0.636. The number of rotatable bonds is 7. The summed E-state index contributed by atoms with van der Waals surface area (Å²) in [5.41, 5.74) is 3.32. The van der Waals surface area contributed by atoms with Crippen LogP contribution in [0.25, 0.3) is 0 Å². The summed E-state index contributed by atoms with van der Waals surface area (Å²) in [5, 5.41) is 11.2. The molecule has 25 heavy (non-hydrogen) atoms. The van der Waals surface area contributed by atoms with Crippen LogP contribution in [0.4, 0.5) is 0 Å². The van der Waals surface area contributed by atoms with E-state index < -0.39 is 14.2 Å². The van der Waals surface area contributed by atoms with Crippen molar-refractivity contribution >= 4 is 8.07 Å². The van der Waals surface area contributed by atoms with Gasteiger partial charge in [0, 0.05) is 5.54 Å². The fourth-order valence-electron chi connectivity index (χ4n) is 5.41. The van der Waals surface area contributed by atoms with Gasteiger partial charge in [-0.05, 0) is 12.0 Å². The maximum absolute atomic E-state index is 11.2. The quantitative estimate of drug-likeness (QED) is 0.481. The smallest absolute Gasteiger partial charge is 0.0875 e. The third-order valence-corrected chi connectivity index (χ3v) is 14.0. The molecule has 140 valence electrons. The lowest BCUT2D eigenvalue weighted by molar-refractivity contribution is -0.0467. The second-order valence-electron chi connectivity index (χ2n) is 8.48. The molecule has 1 aromatic rings. The largest absolute Gasteiger partial charge is 0.390 e. The number of aliphatic hydroxyl groups excluding tert-OH is 1. The van der Waals surface area contributed by atoms with Crippen LogP contribution in [0.15, 0.2) is 42.5 Å². The minimum Gasteiger partial charge on any atom is -0.390 e. The van der Waals surface area contributed by atoms with E-state index in [1.54, 1.807) is 0 Å². The molecule has 0 bridgehead atoms. The highest BCUT2D eigenvalue weighted by Crippen LogP contribution is 2.52. The van der Waals surface area contributed by atoms with E-state index in [1.807, 2.05) is 18.2 Å². The molecule has 3 heteroatoms. The minimum absolute atomic E-state index is 0.0988. The van der Waals surface area contributed by atoms with Crippen molar-refractivity contribution in [2.24, 2.45) is 0 Å². The molecule has 3 atom stereocenters. The van der Waals surface area contributed by atoms with E-state index >= 15 is 0 Å². The van der Waals surface area contributed by atoms with Crippen LogP contribution in [-0.2, 0) is 11.3 Å². The predicted octanol–water partition coefficient (Wildman–Crippen LogP) is 5.94. The predicted molar refractivity (Wildman–Crippen MR) is 110 cm³/mol. The zero-order chi connectivity index (χ0) is 18.6. The Kier molecular flexibility index (Phi) is 7.07. The summed E-state index contributed by atoms with van der Waals surface area (Å²) in [6, 6.07) is 10.3. The van der Waals surface area contributed by atoms with Crippen molar-refractivity contribution in [3.8, 4) is 0 Å². The molecule has 1 aliphatic rings. The normalized spacial score (nSPS) is 24.5. The van der Waals surface area contributed by atoms with Gasteiger partial charge in [-0.2, -0.15) is 0 Å². The van der Waals surface area contributed by atoms with Crippen molar-refractivity contribution in [1.29, 1.82) is 0 Å². The second kappa shape index (κ2) is 8.66. The van der Waals surface area contributed by atoms with Crippen molar-refractivity contribution in [2.45, 2.75) is 88.9 Å². The molecule has 1 aliphatic carbocycles. The van der Waals surface area contributed by atoms with Crippen LogP contribution in [0.3, 0.4) is 0 Å². The second-order valence-corrected chi connectivity index (χ2v) is 14.6. The molecular formula is C22H36O2Si. The van der Waals surface area contributed by atoms with Gasteiger partial charge < -0.3 is 9.84 Å². The van der Waals surface area contributed by atoms with Gasteiger partial charge in [-0.25, -0.2) is 0 Å². The van der Waals surface area contributed by atoms with Crippen molar-refractivity contribution < 1.29 is 9.84 Å². The van der Waals surface area contributed by atoms with Gasteiger partial charge in [-0.3, -0.25) is 0 Å². The first kappa shape index (κ1) is 20.4. The minimum atomic E-state index is -1.76. The van der Waals surface area contributed by atoms with Crippen LogP contribution in [0.5, 0.6) is 0 Å². The highest BCUT2D eigenvalue weighted by Gasteiger charge is 2.52. The summed E-state index contributed by atoms with van der Waals surface area (Å²) in [7, 11) is -1.76. The lowest BCUT2D eigenvalue weighted by atomic mass is 10.0. The average molecular weight is 361 g/mol. The Hall–Kier alpha value is -0.903. The van der Waals surface area contributed by atoms with E-state index in [9.17, 15) is 5.11 Å². The summed E-state index contributed by atoms with van der Waals surface area (Å²) in [6.07, 6.45) is 4.88. The Morgan fingerprint density at radius 1 is 1.00 bits per heavy atom. The van der Waals surface area contributed by atoms with Gasteiger partial charge >= 0.3 is 0 Å². The highest BCUT2D eigenvalue weighted by molar-refractivity contribution is 6.85. The van der Waals surface area contributed by atoms with Gasteiger partial charge in [0.15, 0.2) is 0 Å². The number of hydrogen-bond donors (Lipinski definition) is 1. The van der Waals surface area contributed by atoms with Crippen LogP contribution < -0.4 is 0 Å². The molecule has 0 aromatic heterocycles. The van der Waals surface area contributed by atoms with Gasteiger partial charge in [0.25, 0.3) is 0 Å². The molecule has 0 unspecified atom stereocenters. The maximum atomic E-state index is 11.2. The molecule has 0 fully saturated rings. The Balaban J connectivity index is 2.21. The molecule has 0 saturated carbocycles. The molecule has 0 heterocycles. The van der Waals surface area contributed by atoms with Crippen LogP contribution in [0, 0.1) is 0 Å². The first-order valence-electron chi connectivity index (χ1n) is 9.82. The lowest BCUT2D eigenvalue weighted by Gasteiger charge is -2.51. The van der Waals surface area contributed by atoms with Crippen molar-refractivity contribution in [2.75, 3.05) is 0 Å². The Bertz CT molecular complexity index is 529. The molecule has 1 N–H and O–H groups in total. The molecule has 0 radical (unpaired) electrons. The van der Waals surface area contributed by atoms with Crippen LogP contribution in [-0.4, -0.2) is 25.4 Å². The van der Waals surface area contributed by atoms with E-state index in [2.05, 4.69) is 65.8 Å². The van der Waals surface area contributed by atoms with Gasteiger partial charge in [0.05, 0.1) is 26.9 Å². The standard InChI is InChI=1S/C22H36O2Si/c1-16(2)25(17(3)4,18(5)6)21-14-10-13-20(22(21)23)24-15-19-11-8-7-9-12-19/h7-12,14,16-18,20-23H,13,15H2,1-6H3/t20-,21-,22-/m0/s1.